The van der Waals surface area contributed by atoms with Gasteiger partial charge in [-0.1, -0.05) is 13.0 Å². The van der Waals surface area contributed by atoms with Crippen LogP contribution in [0.25, 0.3) is 0 Å². The van der Waals surface area contributed by atoms with Crippen molar-refractivity contribution < 1.29 is 4.79 Å². The van der Waals surface area contributed by atoms with Gasteiger partial charge < -0.3 is 4.90 Å². The molecule has 0 aliphatic rings. The van der Waals surface area contributed by atoms with E-state index >= 15 is 0 Å². The van der Waals surface area contributed by atoms with Gasteiger partial charge in [-0.2, -0.15) is 5.10 Å². The van der Waals surface area contributed by atoms with E-state index in [0.717, 1.165) is 18.7 Å². The Bertz CT molecular complexity index is 343. The van der Waals surface area contributed by atoms with Gasteiger partial charge in [0.15, 0.2) is 0 Å². The van der Waals surface area contributed by atoms with Gasteiger partial charge in [-0.25, -0.2) is 0 Å². The molecule has 1 aromatic rings. The van der Waals surface area contributed by atoms with Crippen LogP contribution in [0.15, 0.2) is 18.9 Å². The molecule has 4 heteroatoms. The Labute approximate surface area is 90.0 Å². The number of aromatic nitrogens is 2. The van der Waals surface area contributed by atoms with E-state index < -0.39 is 0 Å². The molecule has 1 N–H and O–H groups in total. The van der Waals surface area contributed by atoms with E-state index in [4.69, 9.17) is 0 Å². The summed E-state index contributed by atoms with van der Waals surface area (Å²) in [6, 6.07) is 0. The first-order valence-electron chi connectivity index (χ1n) is 5.10. The molecular weight excluding hydrogens is 190 g/mol. The molecule has 0 saturated heterocycles. The van der Waals surface area contributed by atoms with Gasteiger partial charge in [0.1, 0.15) is 0 Å². The minimum atomic E-state index is 0.0167. The number of nitrogens with one attached hydrogen (secondary N) is 1. The molecule has 0 fully saturated rings. The SMILES string of the molecule is C=CCN(CCC)C(=O)c1cn[nH]c1C. The van der Waals surface area contributed by atoms with Crippen molar-refractivity contribution >= 4 is 5.91 Å². The average molecular weight is 207 g/mol. The van der Waals surface area contributed by atoms with E-state index in [9.17, 15) is 4.79 Å². The molecular formula is C11H17N3O. The van der Waals surface area contributed by atoms with Crippen LogP contribution in [0.1, 0.15) is 29.4 Å². The molecule has 0 aromatic carbocycles. The average Bonchev–Trinajstić information content (AvgIpc) is 2.63. The molecule has 82 valence electrons. The smallest absolute Gasteiger partial charge is 0.257 e. The molecule has 1 amide bonds. The quantitative estimate of drug-likeness (QED) is 0.748. The van der Waals surface area contributed by atoms with E-state index in [-0.39, 0.29) is 5.91 Å². The molecule has 0 aliphatic heterocycles. The highest BCUT2D eigenvalue weighted by Gasteiger charge is 2.16. The number of H-pyrrole nitrogens is 1. The maximum atomic E-state index is 12.0. The van der Waals surface area contributed by atoms with Gasteiger partial charge in [0.05, 0.1) is 11.8 Å². The molecule has 4 nitrogen and oxygen atoms in total. The zero-order chi connectivity index (χ0) is 11.3. The highest BCUT2D eigenvalue weighted by Crippen LogP contribution is 2.08. The molecule has 1 heterocycles. The number of carbonyl (C=O) groups is 1. The summed E-state index contributed by atoms with van der Waals surface area (Å²) in [4.78, 5) is 13.8. The number of hydrogen-bond donors (Lipinski definition) is 1. The molecule has 0 atom stereocenters. The summed E-state index contributed by atoms with van der Waals surface area (Å²) in [5.41, 5.74) is 1.45. The van der Waals surface area contributed by atoms with Crippen molar-refractivity contribution in [3.05, 3.63) is 30.1 Å². The van der Waals surface area contributed by atoms with Crippen LogP contribution in [0.4, 0.5) is 0 Å². The third kappa shape index (κ3) is 2.68. The van der Waals surface area contributed by atoms with Crippen LogP contribution in [-0.2, 0) is 0 Å². The third-order valence-corrected chi connectivity index (χ3v) is 2.19. The Morgan fingerprint density at radius 3 is 2.93 bits per heavy atom. The number of amides is 1. The first-order chi connectivity index (χ1) is 7.20. The summed E-state index contributed by atoms with van der Waals surface area (Å²) in [5.74, 6) is 0.0167. The Kier molecular flexibility index (Phi) is 4.09. The van der Waals surface area contributed by atoms with Crippen LogP contribution in [0.3, 0.4) is 0 Å². The zero-order valence-electron chi connectivity index (χ0n) is 9.29. The second-order valence-electron chi connectivity index (χ2n) is 3.45. The minimum absolute atomic E-state index is 0.0167. The van der Waals surface area contributed by atoms with Crippen LogP contribution in [-0.4, -0.2) is 34.1 Å². The lowest BCUT2D eigenvalue weighted by atomic mass is 10.2. The van der Waals surface area contributed by atoms with Gasteiger partial charge in [0.25, 0.3) is 5.91 Å². The predicted molar refractivity (Wildman–Crippen MR) is 59.7 cm³/mol. The van der Waals surface area contributed by atoms with Gasteiger partial charge in [0, 0.05) is 18.8 Å². The second kappa shape index (κ2) is 5.34. The Morgan fingerprint density at radius 2 is 2.47 bits per heavy atom. The molecule has 0 saturated carbocycles. The van der Waals surface area contributed by atoms with Crippen molar-refractivity contribution in [3.8, 4) is 0 Å². The van der Waals surface area contributed by atoms with Gasteiger partial charge in [0.2, 0.25) is 0 Å². The Balaban J connectivity index is 2.80. The zero-order valence-corrected chi connectivity index (χ0v) is 9.29. The lowest BCUT2D eigenvalue weighted by Crippen LogP contribution is -2.32. The molecule has 1 rings (SSSR count). The van der Waals surface area contributed by atoms with E-state index in [1.807, 2.05) is 13.8 Å². The summed E-state index contributed by atoms with van der Waals surface area (Å²) in [6.45, 7) is 8.87. The first-order valence-corrected chi connectivity index (χ1v) is 5.10. The summed E-state index contributed by atoms with van der Waals surface area (Å²) in [7, 11) is 0. The van der Waals surface area contributed by atoms with Gasteiger partial charge in [-0.3, -0.25) is 9.89 Å². The molecule has 15 heavy (non-hydrogen) atoms. The lowest BCUT2D eigenvalue weighted by Gasteiger charge is -2.19. The summed E-state index contributed by atoms with van der Waals surface area (Å²) < 4.78 is 0. The van der Waals surface area contributed by atoms with Gasteiger partial charge in [-0.15, -0.1) is 6.58 Å². The fourth-order valence-corrected chi connectivity index (χ4v) is 1.44. The maximum Gasteiger partial charge on any atom is 0.257 e. The highest BCUT2D eigenvalue weighted by molar-refractivity contribution is 5.95. The van der Waals surface area contributed by atoms with Crippen molar-refractivity contribution in [1.29, 1.82) is 0 Å². The van der Waals surface area contributed by atoms with Crippen LogP contribution in [0, 0.1) is 6.92 Å². The Morgan fingerprint density at radius 1 is 1.73 bits per heavy atom. The van der Waals surface area contributed by atoms with E-state index in [1.54, 1.807) is 17.2 Å². The minimum Gasteiger partial charge on any atom is -0.335 e. The van der Waals surface area contributed by atoms with Crippen molar-refractivity contribution in [2.24, 2.45) is 0 Å². The predicted octanol–water partition coefficient (Wildman–Crippen LogP) is 1.76. The molecule has 0 aliphatic carbocycles. The second-order valence-corrected chi connectivity index (χ2v) is 3.45. The molecule has 0 unspecified atom stereocenters. The van der Waals surface area contributed by atoms with E-state index in [2.05, 4.69) is 16.8 Å². The normalized spacial score (nSPS) is 10.0. The lowest BCUT2D eigenvalue weighted by molar-refractivity contribution is 0.0773. The maximum absolute atomic E-state index is 12.0. The molecule has 1 aromatic heterocycles. The number of aromatic amines is 1. The van der Waals surface area contributed by atoms with Crippen molar-refractivity contribution in [2.75, 3.05) is 13.1 Å². The van der Waals surface area contributed by atoms with Crippen molar-refractivity contribution in [2.45, 2.75) is 20.3 Å². The van der Waals surface area contributed by atoms with Crippen LogP contribution < -0.4 is 0 Å². The summed E-state index contributed by atoms with van der Waals surface area (Å²) >= 11 is 0. The van der Waals surface area contributed by atoms with E-state index in [0.29, 0.717) is 12.1 Å². The van der Waals surface area contributed by atoms with E-state index in [1.165, 1.54) is 0 Å². The topological polar surface area (TPSA) is 49.0 Å². The number of nitrogens with zero attached hydrogens (tertiary/aromatic N) is 2. The standard InChI is InChI=1S/C11H17N3O/c1-4-6-14(7-5-2)11(15)10-8-12-13-9(10)3/h4,8H,1,5-7H2,2-3H3,(H,12,13). The highest BCUT2D eigenvalue weighted by atomic mass is 16.2. The number of rotatable bonds is 5. The first kappa shape index (κ1) is 11.5. The van der Waals surface area contributed by atoms with Gasteiger partial charge >= 0.3 is 0 Å². The molecule has 0 radical (unpaired) electrons. The monoisotopic (exact) mass is 207 g/mol. The van der Waals surface area contributed by atoms with Crippen LogP contribution in [0.5, 0.6) is 0 Å². The fourth-order valence-electron chi connectivity index (χ4n) is 1.44. The number of carbonyl (C=O) groups excluding carboxylic acids is 1. The summed E-state index contributed by atoms with van der Waals surface area (Å²) in [5, 5.41) is 6.61. The Hall–Kier alpha value is -1.58. The molecule has 0 bridgehead atoms. The van der Waals surface area contributed by atoms with Crippen LogP contribution in [0.2, 0.25) is 0 Å². The molecule has 0 spiro atoms. The third-order valence-electron chi connectivity index (χ3n) is 2.19. The van der Waals surface area contributed by atoms with Crippen molar-refractivity contribution in [3.63, 3.8) is 0 Å². The number of hydrogen-bond acceptors (Lipinski definition) is 2. The number of aryl methyl sites for hydroxylation is 1. The van der Waals surface area contributed by atoms with Crippen molar-refractivity contribution in [1.82, 2.24) is 15.1 Å². The van der Waals surface area contributed by atoms with Gasteiger partial charge in [-0.05, 0) is 13.3 Å². The largest absolute Gasteiger partial charge is 0.335 e. The fraction of sp³-hybridized carbons (Fsp3) is 0.455. The van der Waals surface area contributed by atoms with Crippen LogP contribution >= 0.6 is 0 Å². The summed E-state index contributed by atoms with van der Waals surface area (Å²) in [6.07, 6.45) is 4.25.